The third-order valence-corrected chi connectivity index (χ3v) is 7.86. The first-order valence-electron chi connectivity index (χ1n) is 14.6. The lowest BCUT2D eigenvalue weighted by atomic mass is 9.84. The molecule has 1 aliphatic heterocycles. The van der Waals surface area contributed by atoms with Gasteiger partial charge in [0.1, 0.15) is 0 Å². The number of likely N-dealkylation sites (tertiary alicyclic amines) is 1. The molecule has 0 aromatic heterocycles. The summed E-state index contributed by atoms with van der Waals surface area (Å²) in [5.41, 5.74) is 1.21. The van der Waals surface area contributed by atoms with Crippen molar-refractivity contribution in [2.24, 2.45) is 11.8 Å². The van der Waals surface area contributed by atoms with Crippen LogP contribution in [-0.2, 0) is 9.47 Å². The predicted octanol–water partition coefficient (Wildman–Crippen LogP) is 5.93. The van der Waals surface area contributed by atoms with Crippen molar-refractivity contribution in [3.63, 3.8) is 0 Å². The predicted molar refractivity (Wildman–Crippen MR) is 147 cm³/mol. The largest absolute Gasteiger partial charge is 0.385 e. The van der Waals surface area contributed by atoms with E-state index >= 15 is 0 Å². The van der Waals surface area contributed by atoms with Gasteiger partial charge < -0.3 is 25.0 Å². The standard InChI is InChI=1S/C30H51N3O3/c1-3-4-18-31-23-28(22-25-13-7-5-8-14-25)32-30(34)33-19-11-17-27(24-33)29(36-21-12-20-35-2)26-15-9-6-10-16-26/h6,9-10,15-16,25,27-29,31H,3-5,7-8,11-14,17-24H2,1-2H3,(H,32,34)/t27-,28+,29+/m1/s1. The molecular formula is C30H51N3O3. The summed E-state index contributed by atoms with van der Waals surface area (Å²) in [4.78, 5) is 15.5. The van der Waals surface area contributed by atoms with Crippen molar-refractivity contribution in [3.05, 3.63) is 35.9 Å². The number of ether oxygens (including phenoxy) is 2. The van der Waals surface area contributed by atoms with E-state index in [0.29, 0.717) is 19.1 Å². The number of piperidine rings is 1. The molecule has 1 aromatic rings. The Morgan fingerprint density at radius 2 is 1.86 bits per heavy atom. The summed E-state index contributed by atoms with van der Waals surface area (Å²) < 4.78 is 11.6. The molecule has 0 bridgehead atoms. The number of unbranched alkanes of at least 4 members (excludes halogenated alkanes) is 1. The van der Waals surface area contributed by atoms with Crippen LogP contribution in [0.15, 0.2) is 30.3 Å². The van der Waals surface area contributed by atoms with Crippen LogP contribution in [0.3, 0.4) is 0 Å². The monoisotopic (exact) mass is 501 g/mol. The number of methoxy groups -OCH3 is 1. The van der Waals surface area contributed by atoms with E-state index in [9.17, 15) is 4.79 Å². The van der Waals surface area contributed by atoms with Gasteiger partial charge in [-0.1, -0.05) is 75.8 Å². The molecule has 2 amide bonds. The lowest BCUT2D eigenvalue weighted by Gasteiger charge is -2.38. The Morgan fingerprint density at radius 1 is 1.06 bits per heavy atom. The Balaban J connectivity index is 1.59. The highest BCUT2D eigenvalue weighted by molar-refractivity contribution is 5.74. The second-order valence-corrected chi connectivity index (χ2v) is 10.8. The van der Waals surface area contributed by atoms with Gasteiger partial charge in [-0.2, -0.15) is 0 Å². The highest BCUT2D eigenvalue weighted by atomic mass is 16.5. The van der Waals surface area contributed by atoms with Crippen molar-refractivity contribution in [2.75, 3.05) is 46.5 Å². The van der Waals surface area contributed by atoms with Crippen LogP contribution in [0.25, 0.3) is 0 Å². The minimum atomic E-state index is 0.00685. The number of nitrogens with zero attached hydrogens (tertiary/aromatic N) is 1. The van der Waals surface area contributed by atoms with Gasteiger partial charge >= 0.3 is 6.03 Å². The van der Waals surface area contributed by atoms with Crippen LogP contribution in [0, 0.1) is 11.8 Å². The number of hydrogen-bond acceptors (Lipinski definition) is 4. The molecule has 3 atom stereocenters. The molecule has 2 aliphatic rings. The first-order valence-corrected chi connectivity index (χ1v) is 14.6. The number of nitrogens with one attached hydrogen (secondary N) is 2. The molecule has 0 radical (unpaired) electrons. The lowest BCUT2D eigenvalue weighted by molar-refractivity contribution is -0.0168. The Bertz CT molecular complexity index is 711. The molecular weight excluding hydrogens is 450 g/mol. The normalized spacial score (nSPS) is 20.7. The van der Waals surface area contributed by atoms with Crippen molar-refractivity contribution in [3.8, 4) is 0 Å². The van der Waals surface area contributed by atoms with Crippen LogP contribution in [0.2, 0.25) is 0 Å². The van der Waals surface area contributed by atoms with E-state index < -0.39 is 0 Å². The van der Waals surface area contributed by atoms with E-state index in [0.717, 1.165) is 57.8 Å². The van der Waals surface area contributed by atoms with Crippen LogP contribution in [0.1, 0.15) is 89.2 Å². The van der Waals surface area contributed by atoms with E-state index in [4.69, 9.17) is 9.47 Å². The summed E-state index contributed by atoms with van der Waals surface area (Å²) in [5, 5.41) is 7.04. The third-order valence-electron chi connectivity index (χ3n) is 7.86. The second-order valence-electron chi connectivity index (χ2n) is 10.8. The van der Waals surface area contributed by atoms with Gasteiger partial charge in [0.25, 0.3) is 0 Å². The van der Waals surface area contributed by atoms with Gasteiger partial charge in [-0.15, -0.1) is 0 Å². The van der Waals surface area contributed by atoms with Gasteiger partial charge in [0, 0.05) is 51.9 Å². The quantitative estimate of drug-likeness (QED) is 0.292. The molecule has 1 aliphatic carbocycles. The number of carbonyl (C=O) groups excluding carboxylic acids is 1. The molecule has 0 unspecified atom stereocenters. The average molecular weight is 502 g/mol. The fraction of sp³-hybridized carbons (Fsp3) is 0.767. The minimum Gasteiger partial charge on any atom is -0.385 e. The van der Waals surface area contributed by atoms with Crippen LogP contribution in [-0.4, -0.2) is 63.5 Å². The summed E-state index contributed by atoms with van der Waals surface area (Å²) in [6, 6.07) is 10.8. The number of urea groups is 1. The molecule has 0 spiro atoms. The number of hydrogen-bond donors (Lipinski definition) is 2. The maximum Gasteiger partial charge on any atom is 0.317 e. The fourth-order valence-corrected chi connectivity index (χ4v) is 5.86. The van der Waals surface area contributed by atoms with E-state index in [1.54, 1.807) is 7.11 Å². The van der Waals surface area contributed by atoms with Gasteiger partial charge in [0.15, 0.2) is 0 Å². The highest BCUT2D eigenvalue weighted by Gasteiger charge is 2.32. The number of rotatable bonds is 15. The Hall–Kier alpha value is -1.63. The summed E-state index contributed by atoms with van der Waals surface area (Å²) in [5.74, 6) is 1.04. The Morgan fingerprint density at radius 3 is 2.61 bits per heavy atom. The van der Waals surface area contributed by atoms with E-state index in [1.165, 1.54) is 50.5 Å². The molecule has 2 fully saturated rings. The second kappa shape index (κ2) is 17.0. The average Bonchev–Trinajstić information content (AvgIpc) is 2.92. The molecule has 204 valence electrons. The minimum absolute atomic E-state index is 0.00685. The van der Waals surface area contributed by atoms with Gasteiger partial charge in [0.05, 0.1) is 6.10 Å². The van der Waals surface area contributed by atoms with Crippen LogP contribution in [0.5, 0.6) is 0 Å². The van der Waals surface area contributed by atoms with E-state index in [-0.39, 0.29) is 18.2 Å². The van der Waals surface area contributed by atoms with Crippen molar-refractivity contribution in [1.82, 2.24) is 15.5 Å². The topological polar surface area (TPSA) is 62.8 Å². The van der Waals surface area contributed by atoms with Gasteiger partial charge in [-0.05, 0) is 50.1 Å². The summed E-state index contributed by atoms with van der Waals surface area (Å²) in [6.07, 6.45) is 13.1. The van der Waals surface area contributed by atoms with E-state index in [1.807, 2.05) is 11.0 Å². The SMILES string of the molecule is CCCCNC[C@H](CC1CCCCC1)NC(=O)N1CCC[C@@H]([C@@H](OCCCOC)c2ccccc2)C1. The lowest BCUT2D eigenvalue weighted by Crippen LogP contribution is -2.52. The zero-order chi connectivity index (χ0) is 25.4. The van der Waals surface area contributed by atoms with Crippen molar-refractivity contribution >= 4 is 6.03 Å². The van der Waals surface area contributed by atoms with Crippen LogP contribution in [0.4, 0.5) is 4.79 Å². The first kappa shape index (κ1) is 28.9. The summed E-state index contributed by atoms with van der Waals surface area (Å²) in [7, 11) is 1.73. The van der Waals surface area contributed by atoms with Crippen LogP contribution >= 0.6 is 0 Å². The fourth-order valence-electron chi connectivity index (χ4n) is 5.86. The summed E-state index contributed by atoms with van der Waals surface area (Å²) in [6.45, 7) is 7.06. The molecule has 6 heteroatoms. The molecule has 1 aromatic carbocycles. The number of carbonyl (C=O) groups is 1. The van der Waals surface area contributed by atoms with Gasteiger partial charge in [-0.25, -0.2) is 4.79 Å². The molecule has 3 rings (SSSR count). The molecule has 1 saturated heterocycles. The highest BCUT2D eigenvalue weighted by Crippen LogP contribution is 2.33. The molecule has 2 N–H and O–H groups in total. The van der Waals surface area contributed by atoms with E-state index in [2.05, 4.69) is 41.8 Å². The third kappa shape index (κ3) is 10.0. The summed E-state index contributed by atoms with van der Waals surface area (Å²) >= 11 is 0. The van der Waals surface area contributed by atoms with Gasteiger partial charge in [-0.3, -0.25) is 0 Å². The number of benzene rings is 1. The zero-order valence-corrected chi connectivity index (χ0v) is 22.9. The van der Waals surface area contributed by atoms with Gasteiger partial charge in [0.2, 0.25) is 0 Å². The molecule has 1 heterocycles. The molecule has 36 heavy (non-hydrogen) atoms. The smallest absolute Gasteiger partial charge is 0.317 e. The Labute approximate surface area is 219 Å². The Kier molecular flexibility index (Phi) is 13.7. The van der Waals surface area contributed by atoms with Crippen LogP contribution < -0.4 is 10.6 Å². The first-order chi connectivity index (χ1) is 17.7. The maximum atomic E-state index is 13.5. The van der Waals surface area contributed by atoms with Crippen molar-refractivity contribution < 1.29 is 14.3 Å². The van der Waals surface area contributed by atoms with Crippen molar-refractivity contribution in [2.45, 2.75) is 89.7 Å². The molecule has 6 nitrogen and oxygen atoms in total. The molecule has 1 saturated carbocycles. The zero-order valence-electron chi connectivity index (χ0n) is 22.9. The maximum absolute atomic E-state index is 13.5. The number of amides is 2. The van der Waals surface area contributed by atoms with Crippen molar-refractivity contribution in [1.29, 1.82) is 0 Å².